The van der Waals surface area contributed by atoms with E-state index >= 15 is 0 Å². The van der Waals surface area contributed by atoms with E-state index in [1.165, 1.54) is 24.3 Å². The highest BCUT2D eigenvalue weighted by atomic mass is 35.5. The molecule has 0 saturated carbocycles. The molecule has 2 aromatic rings. The molecule has 17 heavy (non-hydrogen) atoms. The van der Waals surface area contributed by atoms with Crippen LogP contribution in [0.25, 0.3) is 11.1 Å². The first kappa shape index (κ1) is 12.1. The van der Waals surface area contributed by atoms with Gasteiger partial charge in [-0.25, -0.2) is 8.78 Å². The average molecular weight is 274 g/mol. The van der Waals surface area contributed by atoms with Gasteiger partial charge in [0.15, 0.2) is 0 Å². The molecule has 0 aliphatic heterocycles. The van der Waals surface area contributed by atoms with Crippen LogP contribution in [0, 0.1) is 11.6 Å². The predicted molar refractivity (Wildman–Crippen MR) is 66.2 cm³/mol. The van der Waals surface area contributed by atoms with Crippen molar-refractivity contribution in [1.29, 1.82) is 0 Å². The van der Waals surface area contributed by atoms with Crippen LogP contribution < -0.4 is 5.73 Å². The summed E-state index contributed by atoms with van der Waals surface area (Å²) in [5.41, 5.74) is 5.88. The van der Waals surface area contributed by atoms with Crippen LogP contribution in [0.5, 0.6) is 0 Å². The molecule has 0 unspecified atom stereocenters. The maximum absolute atomic E-state index is 13.6. The summed E-state index contributed by atoms with van der Waals surface area (Å²) in [5.74, 6) is -1.51. The van der Waals surface area contributed by atoms with Gasteiger partial charge in [0.2, 0.25) is 0 Å². The summed E-state index contributed by atoms with van der Waals surface area (Å²) in [6.45, 7) is 0. The van der Waals surface area contributed by atoms with Crippen molar-refractivity contribution in [2.24, 2.45) is 0 Å². The largest absolute Gasteiger partial charge is 0.396 e. The molecule has 2 N–H and O–H groups in total. The minimum absolute atomic E-state index is 0.127. The zero-order valence-corrected chi connectivity index (χ0v) is 9.99. The Morgan fingerprint density at radius 3 is 2.00 bits per heavy atom. The highest BCUT2D eigenvalue weighted by Gasteiger charge is 2.11. The second-order valence-electron chi connectivity index (χ2n) is 3.51. The first-order chi connectivity index (χ1) is 7.97. The van der Waals surface area contributed by atoms with Gasteiger partial charge in [-0.1, -0.05) is 23.2 Å². The minimum Gasteiger partial charge on any atom is -0.396 e. The van der Waals surface area contributed by atoms with Crippen molar-refractivity contribution in [2.75, 3.05) is 5.73 Å². The number of benzene rings is 2. The van der Waals surface area contributed by atoms with E-state index in [9.17, 15) is 8.78 Å². The number of nitrogens with two attached hydrogens (primary N) is 1. The Morgan fingerprint density at radius 2 is 1.41 bits per heavy atom. The Balaban J connectivity index is 2.64. The molecule has 0 heterocycles. The number of anilines is 1. The Hall–Kier alpha value is -1.32. The van der Waals surface area contributed by atoms with Gasteiger partial charge < -0.3 is 5.73 Å². The molecule has 0 saturated heterocycles. The van der Waals surface area contributed by atoms with Crippen molar-refractivity contribution in [3.8, 4) is 11.1 Å². The Bertz CT molecular complexity index is 565. The number of hydrogen-bond acceptors (Lipinski definition) is 1. The fourth-order valence-electron chi connectivity index (χ4n) is 1.50. The molecule has 0 spiro atoms. The SMILES string of the molecule is Nc1cc(-c2cc(Cl)cc(Cl)c2)c(F)cc1F. The van der Waals surface area contributed by atoms with Crippen LogP contribution in [0.15, 0.2) is 30.3 Å². The Kier molecular flexibility index (Phi) is 3.22. The van der Waals surface area contributed by atoms with E-state index in [0.29, 0.717) is 15.6 Å². The maximum Gasteiger partial charge on any atom is 0.149 e. The molecule has 2 aromatic carbocycles. The minimum atomic E-state index is -0.792. The molecule has 0 atom stereocenters. The van der Waals surface area contributed by atoms with Crippen LogP contribution in [-0.4, -0.2) is 0 Å². The molecule has 0 aromatic heterocycles. The van der Waals surface area contributed by atoms with Crippen LogP contribution in [-0.2, 0) is 0 Å². The first-order valence-corrected chi connectivity index (χ1v) is 5.44. The van der Waals surface area contributed by atoms with Gasteiger partial charge in [0, 0.05) is 21.7 Å². The van der Waals surface area contributed by atoms with E-state index in [-0.39, 0.29) is 11.3 Å². The van der Waals surface area contributed by atoms with E-state index < -0.39 is 11.6 Å². The van der Waals surface area contributed by atoms with Gasteiger partial charge in [-0.05, 0) is 29.8 Å². The highest BCUT2D eigenvalue weighted by Crippen LogP contribution is 2.31. The molecule has 88 valence electrons. The fraction of sp³-hybridized carbons (Fsp3) is 0. The van der Waals surface area contributed by atoms with Crippen LogP contribution in [0.2, 0.25) is 10.0 Å². The number of halogens is 4. The topological polar surface area (TPSA) is 26.0 Å². The second-order valence-corrected chi connectivity index (χ2v) is 4.38. The van der Waals surface area contributed by atoms with E-state index in [4.69, 9.17) is 28.9 Å². The number of hydrogen-bond donors (Lipinski definition) is 1. The zero-order chi connectivity index (χ0) is 12.6. The highest BCUT2D eigenvalue weighted by molar-refractivity contribution is 6.35. The van der Waals surface area contributed by atoms with Gasteiger partial charge >= 0.3 is 0 Å². The van der Waals surface area contributed by atoms with E-state index in [2.05, 4.69) is 0 Å². The summed E-state index contributed by atoms with van der Waals surface area (Å²) < 4.78 is 26.6. The van der Waals surface area contributed by atoms with Gasteiger partial charge in [0.25, 0.3) is 0 Å². The van der Waals surface area contributed by atoms with Crippen LogP contribution in [0.4, 0.5) is 14.5 Å². The first-order valence-electron chi connectivity index (χ1n) is 4.68. The van der Waals surface area contributed by atoms with Gasteiger partial charge in [0.1, 0.15) is 11.6 Å². The molecule has 0 aliphatic carbocycles. The van der Waals surface area contributed by atoms with Crippen molar-refractivity contribution in [3.05, 3.63) is 52.0 Å². The van der Waals surface area contributed by atoms with E-state index in [0.717, 1.165) is 6.07 Å². The maximum atomic E-state index is 13.6. The summed E-state index contributed by atoms with van der Waals surface area (Å²) >= 11 is 11.6. The van der Waals surface area contributed by atoms with Crippen molar-refractivity contribution in [3.63, 3.8) is 0 Å². The predicted octanol–water partition coefficient (Wildman–Crippen LogP) is 4.52. The summed E-state index contributed by atoms with van der Waals surface area (Å²) in [4.78, 5) is 0. The van der Waals surface area contributed by atoms with Gasteiger partial charge in [-0.2, -0.15) is 0 Å². The molecule has 2 rings (SSSR count). The molecule has 0 radical (unpaired) electrons. The van der Waals surface area contributed by atoms with Gasteiger partial charge in [0.05, 0.1) is 5.69 Å². The Labute approximate surface area is 107 Å². The van der Waals surface area contributed by atoms with Crippen LogP contribution in [0.3, 0.4) is 0 Å². The summed E-state index contributed by atoms with van der Waals surface area (Å²) in [6, 6.07) is 6.54. The summed E-state index contributed by atoms with van der Waals surface area (Å²) in [5, 5.41) is 0.740. The number of rotatable bonds is 1. The van der Waals surface area contributed by atoms with Crippen LogP contribution >= 0.6 is 23.2 Å². The third-order valence-corrected chi connectivity index (χ3v) is 2.70. The fourth-order valence-corrected chi connectivity index (χ4v) is 2.02. The monoisotopic (exact) mass is 273 g/mol. The average Bonchev–Trinajstić information content (AvgIpc) is 2.22. The molecule has 0 fully saturated rings. The second kappa shape index (κ2) is 4.51. The Morgan fingerprint density at radius 1 is 0.824 bits per heavy atom. The van der Waals surface area contributed by atoms with Crippen LogP contribution in [0.1, 0.15) is 0 Å². The van der Waals surface area contributed by atoms with Crippen molar-refractivity contribution >= 4 is 28.9 Å². The van der Waals surface area contributed by atoms with Gasteiger partial charge in [-0.3, -0.25) is 0 Å². The summed E-state index contributed by atoms with van der Waals surface area (Å²) in [7, 11) is 0. The van der Waals surface area contributed by atoms with Crippen molar-refractivity contribution in [2.45, 2.75) is 0 Å². The van der Waals surface area contributed by atoms with Gasteiger partial charge in [-0.15, -0.1) is 0 Å². The number of nitrogen functional groups attached to an aromatic ring is 1. The molecule has 0 amide bonds. The zero-order valence-electron chi connectivity index (χ0n) is 8.48. The lowest BCUT2D eigenvalue weighted by Gasteiger charge is -2.07. The standard InChI is InChI=1S/C12H7Cl2F2N/c13-7-1-6(2-8(14)3-7)9-4-12(17)11(16)5-10(9)15/h1-5H,17H2. The normalized spacial score (nSPS) is 10.6. The van der Waals surface area contributed by atoms with Crippen molar-refractivity contribution < 1.29 is 8.78 Å². The molecule has 0 bridgehead atoms. The van der Waals surface area contributed by atoms with E-state index in [1.54, 1.807) is 0 Å². The van der Waals surface area contributed by atoms with Crippen molar-refractivity contribution in [1.82, 2.24) is 0 Å². The van der Waals surface area contributed by atoms with E-state index in [1.807, 2.05) is 0 Å². The molecule has 0 aliphatic rings. The lowest BCUT2D eigenvalue weighted by molar-refractivity contribution is 0.588. The lowest BCUT2D eigenvalue weighted by atomic mass is 10.0. The molecular weight excluding hydrogens is 267 g/mol. The summed E-state index contributed by atoms with van der Waals surface area (Å²) in [6.07, 6.45) is 0. The molecule has 5 heteroatoms. The smallest absolute Gasteiger partial charge is 0.149 e. The quantitative estimate of drug-likeness (QED) is 0.760. The molecule has 1 nitrogen and oxygen atoms in total. The lowest BCUT2D eigenvalue weighted by Crippen LogP contribution is -1.94. The molecular formula is C12H7Cl2F2N. The third kappa shape index (κ3) is 2.51. The third-order valence-electron chi connectivity index (χ3n) is 2.26.